The molecule has 0 saturated heterocycles. The van der Waals surface area contributed by atoms with Gasteiger partial charge in [-0.3, -0.25) is 0 Å². The van der Waals surface area contributed by atoms with Crippen LogP contribution in [0.2, 0.25) is 0 Å². The molecule has 14 heavy (non-hydrogen) atoms. The Labute approximate surface area is 80.4 Å². The third-order valence-electron chi connectivity index (χ3n) is 1.34. The van der Waals surface area contributed by atoms with Crippen molar-refractivity contribution in [3.05, 3.63) is 40.3 Å². The van der Waals surface area contributed by atoms with E-state index in [-0.39, 0.29) is 5.82 Å². The fraction of sp³-hybridized carbons (Fsp3) is 0.222. The van der Waals surface area contributed by atoms with Crippen molar-refractivity contribution in [1.29, 1.82) is 0 Å². The summed E-state index contributed by atoms with van der Waals surface area (Å²) in [6.07, 6.45) is 1.80. The molecule has 0 radical (unpaired) electrons. The van der Waals surface area contributed by atoms with E-state index in [1.165, 1.54) is 18.3 Å². The van der Waals surface area contributed by atoms with Crippen LogP contribution in [0.15, 0.2) is 23.4 Å². The monoisotopic (exact) mass is 190 g/mol. The zero-order chi connectivity index (χ0) is 10.2. The van der Waals surface area contributed by atoms with Gasteiger partial charge in [-0.1, -0.05) is 11.0 Å². The highest BCUT2D eigenvalue weighted by Crippen LogP contribution is 1.97. The molecule has 0 saturated carbocycles. The van der Waals surface area contributed by atoms with E-state index in [0.717, 1.165) is 0 Å². The summed E-state index contributed by atoms with van der Waals surface area (Å²) < 4.78 is 12.6. The van der Waals surface area contributed by atoms with Gasteiger partial charge < -0.3 is 0 Å². The molecule has 1 rings (SSSR count). The minimum atomic E-state index is -0.362. The highest BCUT2D eigenvalue weighted by molar-refractivity contribution is 5.27. The molecule has 0 aliphatic heterocycles. The van der Waals surface area contributed by atoms with Crippen molar-refractivity contribution in [1.82, 2.24) is 4.98 Å². The Balaban J connectivity index is 2.54. The highest BCUT2D eigenvalue weighted by atomic mass is 19.1. The number of halogens is 1. The van der Waals surface area contributed by atoms with Crippen molar-refractivity contribution in [3.63, 3.8) is 0 Å². The first kappa shape index (κ1) is 10.0. The second-order valence-electron chi connectivity index (χ2n) is 2.37. The van der Waals surface area contributed by atoms with E-state index >= 15 is 0 Å². The highest BCUT2D eigenvalue weighted by Gasteiger charge is 1.90. The van der Waals surface area contributed by atoms with Gasteiger partial charge in [-0.25, -0.2) is 9.37 Å². The largest absolute Gasteiger partial charge is 0.248 e. The first-order valence-corrected chi connectivity index (χ1v) is 3.94. The number of hydrogen-bond donors (Lipinski definition) is 0. The molecule has 0 fully saturated rings. The number of aromatic nitrogens is 1. The Hall–Kier alpha value is -2.05. The topological polar surface area (TPSA) is 61.7 Å². The molecule has 0 spiro atoms. The van der Waals surface area contributed by atoms with Crippen molar-refractivity contribution in [2.75, 3.05) is 6.54 Å². The summed E-state index contributed by atoms with van der Waals surface area (Å²) in [5.41, 5.74) is 8.35. The second-order valence-corrected chi connectivity index (χ2v) is 2.37. The van der Waals surface area contributed by atoms with Crippen LogP contribution in [0.3, 0.4) is 0 Å². The average molecular weight is 190 g/mol. The molecule has 1 aromatic heterocycles. The molecule has 0 aliphatic rings. The minimum absolute atomic E-state index is 0.318. The van der Waals surface area contributed by atoms with Gasteiger partial charge in [0, 0.05) is 30.1 Å². The Morgan fingerprint density at radius 1 is 1.64 bits per heavy atom. The average Bonchev–Trinajstić information content (AvgIpc) is 2.18. The maximum atomic E-state index is 12.6. The van der Waals surface area contributed by atoms with Crippen LogP contribution in [-0.2, 0) is 0 Å². The molecule has 1 heterocycles. The van der Waals surface area contributed by atoms with Crippen molar-refractivity contribution in [3.8, 4) is 11.8 Å². The number of nitrogens with zero attached hydrogens (tertiary/aromatic N) is 4. The van der Waals surface area contributed by atoms with E-state index in [2.05, 4.69) is 26.9 Å². The molecule has 0 amide bonds. The van der Waals surface area contributed by atoms with Crippen LogP contribution in [0.4, 0.5) is 4.39 Å². The molecule has 0 atom stereocenters. The number of rotatable bonds is 2. The Morgan fingerprint density at radius 3 is 3.21 bits per heavy atom. The van der Waals surface area contributed by atoms with Gasteiger partial charge in [-0.15, -0.1) is 0 Å². The van der Waals surface area contributed by atoms with Gasteiger partial charge >= 0.3 is 0 Å². The molecular weight excluding hydrogens is 183 g/mol. The Morgan fingerprint density at radius 2 is 2.50 bits per heavy atom. The second kappa shape index (κ2) is 5.57. The first-order chi connectivity index (χ1) is 6.83. The number of pyridine rings is 1. The molecule has 0 aliphatic carbocycles. The summed E-state index contributed by atoms with van der Waals surface area (Å²) in [6.45, 7) is 0.318. The molecule has 0 aromatic carbocycles. The van der Waals surface area contributed by atoms with Crippen molar-refractivity contribution < 1.29 is 4.39 Å². The van der Waals surface area contributed by atoms with E-state index < -0.39 is 0 Å². The number of hydrogen-bond acceptors (Lipinski definition) is 2. The molecule has 0 unspecified atom stereocenters. The summed E-state index contributed by atoms with van der Waals surface area (Å²) >= 11 is 0. The van der Waals surface area contributed by atoms with Gasteiger partial charge in [-0.05, 0) is 17.5 Å². The number of azide groups is 1. The lowest BCUT2D eigenvalue weighted by molar-refractivity contribution is 0.625. The smallest absolute Gasteiger partial charge is 0.127 e. The van der Waals surface area contributed by atoms with Crippen molar-refractivity contribution >= 4 is 0 Å². The normalized spacial score (nSPS) is 8.36. The van der Waals surface area contributed by atoms with Crippen LogP contribution in [0.25, 0.3) is 10.4 Å². The molecule has 1 aromatic rings. The van der Waals surface area contributed by atoms with E-state index in [4.69, 9.17) is 5.53 Å². The quantitative estimate of drug-likeness (QED) is 0.232. The summed E-state index contributed by atoms with van der Waals surface area (Å²) in [6, 6.07) is 2.51. The van der Waals surface area contributed by atoms with Crippen molar-refractivity contribution in [2.24, 2.45) is 5.11 Å². The summed E-state index contributed by atoms with van der Waals surface area (Å²) in [7, 11) is 0. The van der Waals surface area contributed by atoms with Gasteiger partial charge in [0.1, 0.15) is 11.5 Å². The molecule has 4 nitrogen and oxygen atoms in total. The lowest BCUT2D eigenvalue weighted by Crippen LogP contribution is -1.83. The van der Waals surface area contributed by atoms with Crippen LogP contribution in [-0.4, -0.2) is 11.5 Å². The van der Waals surface area contributed by atoms with Gasteiger partial charge in [0.25, 0.3) is 0 Å². The Bertz CT molecular complexity index is 412. The summed E-state index contributed by atoms with van der Waals surface area (Å²) in [5, 5.41) is 3.30. The fourth-order valence-corrected chi connectivity index (χ4v) is 0.777. The molecule has 5 heteroatoms. The van der Waals surface area contributed by atoms with E-state index in [9.17, 15) is 4.39 Å². The third-order valence-corrected chi connectivity index (χ3v) is 1.34. The van der Waals surface area contributed by atoms with E-state index in [1.54, 1.807) is 0 Å². The lowest BCUT2D eigenvalue weighted by atomic mass is 10.3. The van der Waals surface area contributed by atoms with Crippen LogP contribution < -0.4 is 0 Å². The van der Waals surface area contributed by atoms with Gasteiger partial charge in [0.15, 0.2) is 0 Å². The predicted molar refractivity (Wildman–Crippen MR) is 49.7 cm³/mol. The van der Waals surface area contributed by atoms with Gasteiger partial charge in [-0.2, -0.15) is 0 Å². The van der Waals surface area contributed by atoms with Crippen molar-refractivity contribution in [2.45, 2.75) is 6.42 Å². The third kappa shape index (κ3) is 3.57. The molecule has 0 bridgehead atoms. The molecular formula is C9H7FN4. The molecule has 0 N–H and O–H groups in total. The Kier molecular flexibility index (Phi) is 3.99. The standard InChI is InChI=1S/C9H7FN4/c10-8-4-6-12-9(7-8)3-1-2-5-13-14-11/h4,6-7H,2,5H2. The SMILES string of the molecule is [N-]=[N+]=NCCC#Cc1cc(F)ccn1. The van der Waals surface area contributed by atoms with Gasteiger partial charge in [0.05, 0.1) is 0 Å². The van der Waals surface area contributed by atoms with Crippen LogP contribution in [0, 0.1) is 17.7 Å². The fourth-order valence-electron chi connectivity index (χ4n) is 0.777. The maximum absolute atomic E-state index is 12.6. The zero-order valence-corrected chi connectivity index (χ0v) is 7.31. The summed E-state index contributed by atoms with van der Waals surface area (Å²) in [4.78, 5) is 6.42. The van der Waals surface area contributed by atoms with Crippen LogP contribution in [0.1, 0.15) is 12.1 Å². The van der Waals surface area contributed by atoms with E-state index in [1.807, 2.05) is 0 Å². The predicted octanol–water partition coefficient (Wildman–Crippen LogP) is 2.27. The first-order valence-electron chi connectivity index (χ1n) is 3.94. The van der Waals surface area contributed by atoms with E-state index in [0.29, 0.717) is 18.7 Å². The lowest BCUT2D eigenvalue weighted by Gasteiger charge is -1.88. The minimum Gasteiger partial charge on any atom is -0.248 e. The van der Waals surface area contributed by atoms with Crippen LogP contribution in [0.5, 0.6) is 0 Å². The molecule has 70 valence electrons. The summed E-state index contributed by atoms with van der Waals surface area (Å²) in [5.74, 6) is 5.02. The maximum Gasteiger partial charge on any atom is 0.127 e. The zero-order valence-electron chi connectivity index (χ0n) is 7.31. The van der Waals surface area contributed by atoms with Gasteiger partial charge in [0.2, 0.25) is 0 Å². The van der Waals surface area contributed by atoms with Crippen LogP contribution >= 0.6 is 0 Å².